The van der Waals surface area contributed by atoms with E-state index in [-0.39, 0.29) is 16.9 Å². The van der Waals surface area contributed by atoms with Crippen LogP contribution in [0.2, 0.25) is 0 Å². The second kappa shape index (κ2) is 5.03. The van der Waals surface area contributed by atoms with Gasteiger partial charge in [0.1, 0.15) is 11.6 Å². The van der Waals surface area contributed by atoms with Crippen molar-refractivity contribution < 1.29 is 19.0 Å². The molecule has 0 aliphatic carbocycles. The summed E-state index contributed by atoms with van der Waals surface area (Å²) in [5.74, 6) is 0.0390. The lowest BCUT2D eigenvalue weighted by Gasteiger charge is -2.11. The Hall–Kier alpha value is -2.22. The fraction of sp³-hybridized carbons (Fsp3) is 0.273. The van der Waals surface area contributed by atoms with Gasteiger partial charge in [0.25, 0.3) is 0 Å². The van der Waals surface area contributed by atoms with E-state index >= 15 is 0 Å². The topological polar surface area (TPSA) is 68.6 Å². The molecule has 0 N–H and O–H groups in total. The number of carbonyl (C=O) groups is 1. The second-order valence-corrected chi connectivity index (χ2v) is 2.83. The van der Waals surface area contributed by atoms with Crippen molar-refractivity contribution in [2.75, 3.05) is 21.3 Å². The van der Waals surface area contributed by atoms with E-state index in [1.165, 1.54) is 27.4 Å². The summed E-state index contributed by atoms with van der Waals surface area (Å²) in [6.45, 7) is 0. The summed E-state index contributed by atoms with van der Waals surface area (Å²) in [5.41, 5.74) is 0.261. The lowest BCUT2D eigenvalue weighted by molar-refractivity contribution is 0.0600. The Morgan fingerprint density at radius 1 is 1.25 bits per heavy atom. The minimum atomic E-state index is -0.586. The number of ether oxygens (including phenoxy) is 3. The third-order valence-corrected chi connectivity index (χ3v) is 2.06. The van der Waals surface area contributed by atoms with Crippen LogP contribution in [0.25, 0.3) is 0 Å². The molecule has 1 aromatic carbocycles. The van der Waals surface area contributed by atoms with Gasteiger partial charge >= 0.3 is 5.97 Å². The van der Waals surface area contributed by atoms with Crippen molar-refractivity contribution in [1.82, 2.24) is 0 Å². The van der Waals surface area contributed by atoms with Crippen LogP contribution < -0.4 is 9.47 Å². The van der Waals surface area contributed by atoms with Crippen molar-refractivity contribution in [3.05, 3.63) is 23.3 Å². The molecular weight excluding hydrogens is 210 g/mol. The molecule has 0 bridgehead atoms. The number of carbonyl (C=O) groups excluding carboxylic acids is 1. The van der Waals surface area contributed by atoms with E-state index < -0.39 is 5.97 Å². The number of nitriles is 1. The summed E-state index contributed by atoms with van der Waals surface area (Å²) >= 11 is 0. The largest absolute Gasteiger partial charge is 0.493 e. The highest BCUT2D eigenvalue weighted by Gasteiger charge is 2.19. The molecular formula is C11H11NO4. The maximum atomic E-state index is 11.4. The SMILES string of the molecule is COC(=O)c1ccc(OC)c(OC)c1C#N. The molecule has 0 aliphatic heterocycles. The second-order valence-electron chi connectivity index (χ2n) is 2.83. The first-order valence-electron chi connectivity index (χ1n) is 4.43. The first-order valence-corrected chi connectivity index (χ1v) is 4.43. The predicted molar refractivity (Wildman–Crippen MR) is 55.6 cm³/mol. The number of nitrogens with zero attached hydrogens (tertiary/aromatic N) is 1. The molecule has 0 atom stereocenters. The molecule has 1 rings (SSSR count). The van der Waals surface area contributed by atoms with Gasteiger partial charge in [-0.1, -0.05) is 0 Å². The zero-order chi connectivity index (χ0) is 12.1. The van der Waals surface area contributed by atoms with E-state index in [1.807, 2.05) is 6.07 Å². The van der Waals surface area contributed by atoms with Crippen molar-refractivity contribution in [2.45, 2.75) is 0 Å². The van der Waals surface area contributed by atoms with Crippen molar-refractivity contribution in [1.29, 1.82) is 5.26 Å². The molecule has 0 radical (unpaired) electrons. The van der Waals surface area contributed by atoms with Crippen LogP contribution >= 0.6 is 0 Å². The Kier molecular flexibility index (Phi) is 3.72. The molecule has 0 amide bonds. The molecule has 5 heteroatoms. The molecule has 1 aromatic rings. The number of methoxy groups -OCH3 is 3. The maximum Gasteiger partial charge on any atom is 0.339 e. The molecule has 0 saturated carbocycles. The standard InChI is InChI=1S/C11H11NO4/c1-14-9-5-4-7(11(13)16-3)8(6-12)10(9)15-2/h4-5H,1-3H3. The highest BCUT2D eigenvalue weighted by Crippen LogP contribution is 2.33. The van der Waals surface area contributed by atoms with Gasteiger partial charge in [0, 0.05) is 0 Å². The third-order valence-electron chi connectivity index (χ3n) is 2.06. The van der Waals surface area contributed by atoms with Crippen LogP contribution in [-0.2, 0) is 4.74 Å². The first-order chi connectivity index (χ1) is 7.69. The lowest BCUT2D eigenvalue weighted by Crippen LogP contribution is -2.06. The molecule has 0 aromatic heterocycles. The normalized spacial score (nSPS) is 9.12. The number of hydrogen-bond donors (Lipinski definition) is 0. The highest BCUT2D eigenvalue weighted by molar-refractivity contribution is 5.93. The Morgan fingerprint density at radius 2 is 1.94 bits per heavy atom. The van der Waals surface area contributed by atoms with Crippen molar-refractivity contribution in [3.8, 4) is 17.6 Å². The summed E-state index contributed by atoms with van der Waals surface area (Å²) < 4.78 is 14.6. The third kappa shape index (κ3) is 1.91. The van der Waals surface area contributed by atoms with Crippen LogP contribution in [0.4, 0.5) is 0 Å². The van der Waals surface area contributed by atoms with E-state index in [4.69, 9.17) is 14.7 Å². The van der Waals surface area contributed by atoms with Crippen LogP contribution in [0.15, 0.2) is 12.1 Å². The Labute approximate surface area is 93.2 Å². The van der Waals surface area contributed by atoms with Gasteiger partial charge in [0.2, 0.25) is 0 Å². The Bertz CT molecular complexity index is 448. The van der Waals surface area contributed by atoms with Crippen LogP contribution in [0.3, 0.4) is 0 Å². The summed E-state index contributed by atoms with van der Waals surface area (Å²) in [4.78, 5) is 11.4. The van der Waals surface area contributed by atoms with E-state index in [1.54, 1.807) is 6.07 Å². The minimum absolute atomic E-state index is 0.105. The van der Waals surface area contributed by atoms with Crippen LogP contribution in [0, 0.1) is 11.3 Å². The lowest BCUT2D eigenvalue weighted by atomic mass is 10.1. The summed E-state index contributed by atoms with van der Waals surface area (Å²) in [6, 6.07) is 4.91. The first kappa shape index (κ1) is 11.9. The van der Waals surface area contributed by atoms with Crippen molar-refractivity contribution in [3.63, 3.8) is 0 Å². The zero-order valence-corrected chi connectivity index (χ0v) is 9.23. The summed E-state index contributed by atoms with van der Waals surface area (Å²) in [7, 11) is 4.11. The number of benzene rings is 1. The fourth-order valence-electron chi connectivity index (χ4n) is 1.32. The van der Waals surface area contributed by atoms with E-state index in [2.05, 4.69) is 4.74 Å². The Morgan fingerprint density at radius 3 is 2.38 bits per heavy atom. The van der Waals surface area contributed by atoms with Crippen LogP contribution in [0.1, 0.15) is 15.9 Å². The Balaban J connectivity index is 3.45. The fourth-order valence-corrected chi connectivity index (χ4v) is 1.32. The van der Waals surface area contributed by atoms with Gasteiger partial charge in [-0.25, -0.2) is 4.79 Å². The van der Waals surface area contributed by atoms with Gasteiger partial charge < -0.3 is 14.2 Å². The molecule has 0 fully saturated rings. The number of rotatable bonds is 3. The minimum Gasteiger partial charge on any atom is -0.493 e. The van der Waals surface area contributed by atoms with E-state index in [0.29, 0.717) is 5.75 Å². The predicted octanol–water partition coefficient (Wildman–Crippen LogP) is 1.36. The average Bonchev–Trinajstić information content (AvgIpc) is 2.35. The van der Waals surface area contributed by atoms with Gasteiger partial charge in [0.05, 0.1) is 26.9 Å². The van der Waals surface area contributed by atoms with E-state index in [0.717, 1.165) is 0 Å². The molecule has 0 unspecified atom stereocenters. The van der Waals surface area contributed by atoms with Gasteiger partial charge in [-0.2, -0.15) is 5.26 Å². The molecule has 0 aliphatic rings. The number of hydrogen-bond acceptors (Lipinski definition) is 5. The molecule has 16 heavy (non-hydrogen) atoms. The van der Waals surface area contributed by atoms with Gasteiger partial charge in [0.15, 0.2) is 11.5 Å². The molecule has 0 saturated heterocycles. The van der Waals surface area contributed by atoms with Crippen LogP contribution in [0.5, 0.6) is 11.5 Å². The average molecular weight is 221 g/mol. The van der Waals surface area contributed by atoms with E-state index in [9.17, 15) is 4.79 Å². The van der Waals surface area contributed by atoms with Gasteiger partial charge in [-0.15, -0.1) is 0 Å². The van der Waals surface area contributed by atoms with Crippen LogP contribution in [-0.4, -0.2) is 27.3 Å². The smallest absolute Gasteiger partial charge is 0.339 e. The monoisotopic (exact) mass is 221 g/mol. The molecule has 0 spiro atoms. The number of esters is 1. The highest BCUT2D eigenvalue weighted by atomic mass is 16.5. The maximum absolute atomic E-state index is 11.4. The summed E-state index contributed by atoms with van der Waals surface area (Å²) in [5, 5.41) is 9.00. The van der Waals surface area contributed by atoms with Crippen molar-refractivity contribution in [2.24, 2.45) is 0 Å². The molecule has 84 valence electrons. The molecule has 0 heterocycles. The quantitative estimate of drug-likeness (QED) is 0.721. The van der Waals surface area contributed by atoms with Gasteiger partial charge in [-0.05, 0) is 12.1 Å². The summed E-state index contributed by atoms with van der Waals surface area (Å²) in [6.07, 6.45) is 0. The zero-order valence-electron chi connectivity index (χ0n) is 9.23. The van der Waals surface area contributed by atoms with Crippen molar-refractivity contribution >= 4 is 5.97 Å². The van der Waals surface area contributed by atoms with Gasteiger partial charge in [-0.3, -0.25) is 0 Å². The molecule has 5 nitrogen and oxygen atoms in total.